The summed E-state index contributed by atoms with van der Waals surface area (Å²) in [5, 5.41) is 9.17. The molecular formula is C11H15F4NO3. The van der Waals surface area contributed by atoms with Gasteiger partial charge in [-0.25, -0.2) is 8.78 Å². The Hall–Kier alpha value is -1.34. The van der Waals surface area contributed by atoms with Crippen molar-refractivity contribution in [2.24, 2.45) is 11.3 Å². The maximum Gasteiger partial charge on any atom is 0.383 e. The summed E-state index contributed by atoms with van der Waals surface area (Å²) >= 11 is 0. The van der Waals surface area contributed by atoms with E-state index < -0.39 is 42.1 Å². The van der Waals surface area contributed by atoms with Crippen molar-refractivity contribution < 1.29 is 32.3 Å². The van der Waals surface area contributed by atoms with Crippen molar-refractivity contribution >= 4 is 11.9 Å². The zero-order valence-corrected chi connectivity index (χ0v) is 10.5. The second kappa shape index (κ2) is 4.97. The average Bonchev–Trinajstić information content (AvgIpc) is 2.73. The fourth-order valence-electron chi connectivity index (χ4n) is 2.20. The van der Waals surface area contributed by atoms with Gasteiger partial charge in [0.15, 0.2) is 0 Å². The summed E-state index contributed by atoms with van der Waals surface area (Å²) in [6, 6.07) is 0. The second-order valence-electron chi connectivity index (χ2n) is 5.02. The van der Waals surface area contributed by atoms with Gasteiger partial charge in [0.1, 0.15) is 0 Å². The Morgan fingerprint density at radius 2 is 1.84 bits per heavy atom. The predicted octanol–water partition coefficient (Wildman–Crippen LogP) is 1.85. The number of nitrogens with zero attached hydrogens (tertiary/aromatic N) is 1. The van der Waals surface area contributed by atoms with Crippen LogP contribution in [0, 0.1) is 11.3 Å². The van der Waals surface area contributed by atoms with Crippen molar-refractivity contribution in [2.75, 3.05) is 13.1 Å². The molecule has 19 heavy (non-hydrogen) atoms. The highest BCUT2D eigenvalue weighted by atomic mass is 19.3. The van der Waals surface area contributed by atoms with E-state index in [0.717, 1.165) is 0 Å². The van der Waals surface area contributed by atoms with Gasteiger partial charge in [-0.1, -0.05) is 13.8 Å². The van der Waals surface area contributed by atoms with Gasteiger partial charge < -0.3 is 10.0 Å². The normalized spacial score (nSPS) is 24.3. The fraction of sp³-hybridized carbons (Fsp3) is 0.818. The first-order valence-electron chi connectivity index (χ1n) is 5.74. The summed E-state index contributed by atoms with van der Waals surface area (Å²) in [5.74, 6) is -8.39. The summed E-state index contributed by atoms with van der Waals surface area (Å²) in [6.07, 6.45) is -4.12. The number of aliphatic carboxylic acids is 1. The quantitative estimate of drug-likeness (QED) is 0.802. The summed E-state index contributed by atoms with van der Waals surface area (Å²) < 4.78 is 50.1. The molecule has 110 valence electrons. The van der Waals surface area contributed by atoms with E-state index in [1.54, 1.807) is 13.8 Å². The first kappa shape index (κ1) is 15.7. The Labute approximate surface area is 107 Å². The molecule has 1 heterocycles. The molecule has 0 aromatic heterocycles. The van der Waals surface area contributed by atoms with E-state index in [1.807, 2.05) is 0 Å². The largest absolute Gasteiger partial charge is 0.481 e. The SMILES string of the molecule is CC(C)C1(C(=O)O)CCN(C(=O)C(F)(F)C(F)F)C1. The number of alkyl halides is 4. The van der Waals surface area contributed by atoms with Crippen molar-refractivity contribution in [3.8, 4) is 0 Å². The molecule has 8 heteroatoms. The molecule has 1 N–H and O–H groups in total. The topological polar surface area (TPSA) is 57.6 Å². The van der Waals surface area contributed by atoms with Crippen LogP contribution in [0.1, 0.15) is 20.3 Å². The summed E-state index contributed by atoms with van der Waals surface area (Å²) in [7, 11) is 0. The van der Waals surface area contributed by atoms with Crippen LogP contribution in [-0.2, 0) is 9.59 Å². The predicted molar refractivity (Wildman–Crippen MR) is 57.1 cm³/mol. The highest BCUT2D eigenvalue weighted by Gasteiger charge is 2.56. The molecule has 1 rings (SSSR count). The molecule has 0 bridgehead atoms. The molecule has 0 aromatic carbocycles. The third kappa shape index (κ3) is 2.52. The maximum atomic E-state index is 13.0. The zero-order chi connectivity index (χ0) is 15.0. The second-order valence-corrected chi connectivity index (χ2v) is 5.02. The molecule has 1 amide bonds. The lowest BCUT2D eigenvalue weighted by atomic mass is 9.76. The van der Waals surface area contributed by atoms with Crippen LogP contribution < -0.4 is 0 Å². The highest BCUT2D eigenvalue weighted by Crippen LogP contribution is 2.40. The molecule has 1 atom stereocenters. The van der Waals surface area contributed by atoms with E-state index in [2.05, 4.69) is 0 Å². The van der Waals surface area contributed by atoms with Crippen LogP contribution in [0.3, 0.4) is 0 Å². The smallest absolute Gasteiger partial charge is 0.383 e. The third-order valence-electron chi connectivity index (χ3n) is 3.68. The summed E-state index contributed by atoms with van der Waals surface area (Å²) in [5.41, 5.74) is -1.35. The van der Waals surface area contributed by atoms with E-state index in [9.17, 15) is 32.3 Å². The molecule has 1 aliphatic heterocycles. The minimum atomic E-state index is -4.77. The van der Waals surface area contributed by atoms with Crippen molar-refractivity contribution in [2.45, 2.75) is 32.6 Å². The monoisotopic (exact) mass is 285 g/mol. The fourth-order valence-corrected chi connectivity index (χ4v) is 2.20. The van der Waals surface area contributed by atoms with Crippen LogP contribution in [0.15, 0.2) is 0 Å². The lowest BCUT2D eigenvalue weighted by Crippen LogP contribution is -2.48. The Kier molecular flexibility index (Phi) is 4.11. The van der Waals surface area contributed by atoms with Crippen LogP contribution in [0.25, 0.3) is 0 Å². The van der Waals surface area contributed by atoms with Crippen molar-refractivity contribution in [1.29, 1.82) is 0 Å². The number of rotatable bonds is 4. The zero-order valence-electron chi connectivity index (χ0n) is 10.5. The molecule has 1 unspecified atom stereocenters. The van der Waals surface area contributed by atoms with Crippen LogP contribution in [0.2, 0.25) is 0 Å². The number of amides is 1. The number of carbonyl (C=O) groups excluding carboxylic acids is 1. The molecule has 1 fully saturated rings. The number of likely N-dealkylation sites (tertiary alicyclic amines) is 1. The van der Waals surface area contributed by atoms with Crippen LogP contribution >= 0.6 is 0 Å². The van der Waals surface area contributed by atoms with Gasteiger partial charge in [-0.2, -0.15) is 8.78 Å². The van der Waals surface area contributed by atoms with Gasteiger partial charge in [-0.3, -0.25) is 9.59 Å². The average molecular weight is 285 g/mol. The molecule has 0 aromatic rings. The minimum absolute atomic E-state index is 0.0228. The minimum Gasteiger partial charge on any atom is -0.481 e. The Balaban J connectivity index is 2.92. The first-order valence-corrected chi connectivity index (χ1v) is 5.74. The number of hydrogen-bond donors (Lipinski definition) is 1. The molecule has 4 nitrogen and oxygen atoms in total. The van der Waals surface area contributed by atoms with E-state index in [0.29, 0.717) is 4.90 Å². The Morgan fingerprint density at radius 1 is 1.32 bits per heavy atom. The highest BCUT2D eigenvalue weighted by molar-refractivity contribution is 5.86. The summed E-state index contributed by atoms with van der Waals surface area (Å²) in [4.78, 5) is 23.1. The van der Waals surface area contributed by atoms with Gasteiger partial charge in [0.05, 0.1) is 5.41 Å². The van der Waals surface area contributed by atoms with Gasteiger partial charge in [-0.15, -0.1) is 0 Å². The first-order chi connectivity index (χ1) is 8.55. The van der Waals surface area contributed by atoms with Crippen LogP contribution in [0.4, 0.5) is 17.6 Å². The van der Waals surface area contributed by atoms with Crippen LogP contribution in [-0.4, -0.2) is 47.3 Å². The van der Waals surface area contributed by atoms with E-state index in [4.69, 9.17) is 0 Å². The lowest BCUT2D eigenvalue weighted by Gasteiger charge is -2.29. The van der Waals surface area contributed by atoms with Crippen LogP contribution in [0.5, 0.6) is 0 Å². The van der Waals surface area contributed by atoms with Gasteiger partial charge in [-0.05, 0) is 12.3 Å². The molecule has 0 aliphatic carbocycles. The van der Waals surface area contributed by atoms with Gasteiger partial charge in [0.2, 0.25) is 0 Å². The number of hydrogen-bond acceptors (Lipinski definition) is 2. The molecule has 1 aliphatic rings. The van der Waals surface area contributed by atoms with Gasteiger partial charge >= 0.3 is 18.3 Å². The van der Waals surface area contributed by atoms with Gasteiger partial charge in [0.25, 0.3) is 5.91 Å². The van der Waals surface area contributed by atoms with E-state index in [1.165, 1.54) is 0 Å². The van der Waals surface area contributed by atoms with E-state index >= 15 is 0 Å². The van der Waals surface area contributed by atoms with Crippen molar-refractivity contribution in [3.05, 3.63) is 0 Å². The van der Waals surface area contributed by atoms with Crippen molar-refractivity contribution in [1.82, 2.24) is 4.90 Å². The number of halogens is 4. The molecule has 0 radical (unpaired) electrons. The molecular weight excluding hydrogens is 270 g/mol. The van der Waals surface area contributed by atoms with Crippen molar-refractivity contribution in [3.63, 3.8) is 0 Å². The van der Waals surface area contributed by atoms with E-state index in [-0.39, 0.29) is 13.0 Å². The molecule has 1 saturated heterocycles. The number of carboxylic acid groups (broad SMARTS) is 1. The Morgan fingerprint density at radius 3 is 2.16 bits per heavy atom. The standard InChI is InChI=1S/C11H15F4NO3/c1-6(2)10(9(18)19)3-4-16(5-10)8(17)11(14,15)7(12)13/h6-7H,3-5H2,1-2H3,(H,18,19). The Bertz CT molecular complexity index is 386. The summed E-state index contributed by atoms with van der Waals surface area (Å²) in [6.45, 7) is 2.45. The lowest BCUT2D eigenvalue weighted by molar-refractivity contribution is -0.180. The molecule has 0 spiro atoms. The maximum absolute atomic E-state index is 13.0. The van der Waals surface area contributed by atoms with Gasteiger partial charge in [0, 0.05) is 13.1 Å². The number of carboxylic acids is 1. The number of carbonyl (C=O) groups is 2. The molecule has 0 saturated carbocycles. The third-order valence-corrected chi connectivity index (χ3v) is 3.68.